The van der Waals surface area contributed by atoms with E-state index in [9.17, 15) is 4.79 Å². The third kappa shape index (κ3) is 5.06. The number of carbonyl (C=O) groups excluding carboxylic acids is 1. The zero-order chi connectivity index (χ0) is 18.4. The molecule has 2 heterocycles. The van der Waals surface area contributed by atoms with Crippen LogP contribution >= 0.6 is 11.8 Å². The van der Waals surface area contributed by atoms with Gasteiger partial charge in [-0.2, -0.15) is 11.8 Å². The maximum Gasteiger partial charge on any atom is 0.243 e. The Morgan fingerprint density at radius 2 is 2.19 bits per heavy atom. The van der Waals surface area contributed by atoms with E-state index in [0.29, 0.717) is 17.8 Å². The van der Waals surface area contributed by atoms with E-state index in [1.54, 1.807) is 19.0 Å². The Labute approximate surface area is 159 Å². The number of ether oxygens (including phenoxy) is 1. The highest BCUT2D eigenvalue weighted by atomic mass is 32.2. The number of likely N-dealkylation sites (N-methyl/N-ethyl adjacent to an activating group) is 1. The minimum Gasteiger partial charge on any atom is -0.493 e. The van der Waals surface area contributed by atoms with Crippen LogP contribution in [0.5, 0.6) is 5.75 Å². The number of guanidine groups is 1. The number of carbonyl (C=O) groups is 1. The molecule has 2 N–H and O–H groups in total. The number of nitrogens with one attached hydrogen (secondary N) is 2. The number of hydrogen-bond donors (Lipinski definition) is 2. The normalized spacial score (nSPS) is 22.3. The first-order valence-electron chi connectivity index (χ1n) is 9.22. The highest BCUT2D eigenvalue weighted by Gasteiger charge is 2.23. The van der Waals surface area contributed by atoms with Gasteiger partial charge < -0.3 is 20.3 Å². The predicted molar refractivity (Wildman–Crippen MR) is 107 cm³/mol. The summed E-state index contributed by atoms with van der Waals surface area (Å²) in [4.78, 5) is 18.0. The molecule has 2 atom stereocenters. The average Bonchev–Trinajstić information content (AvgIpc) is 3.17. The minimum absolute atomic E-state index is 0.00582. The van der Waals surface area contributed by atoms with Gasteiger partial charge in [-0.1, -0.05) is 18.2 Å². The van der Waals surface area contributed by atoms with Crippen molar-refractivity contribution in [1.29, 1.82) is 0 Å². The molecule has 0 aliphatic carbocycles. The van der Waals surface area contributed by atoms with Crippen molar-refractivity contribution >= 4 is 23.6 Å². The molecular weight excluding hydrogens is 348 g/mol. The van der Waals surface area contributed by atoms with Crippen LogP contribution in [0.25, 0.3) is 0 Å². The van der Waals surface area contributed by atoms with Gasteiger partial charge in [-0.3, -0.25) is 4.79 Å². The standard InChI is InChI=1S/C19H28N4O2S/c1-23(2)18(24)13-21-19(20-12-14-6-5-11-26-14)22-16-9-10-25-17-8-4-3-7-15(16)17/h3-4,7-8,14,16H,5-6,9-13H2,1-2H3,(H2,20,21,22). The Hall–Kier alpha value is -1.89. The smallest absolute Gasteiger partial charge is 0.243 e. The lowest BCUT2D eigenvalue weighted by molar-refractivity contribution is -0.127. The summed E-state index contributed by atoms with van der Waals surface area (Å²) >= 11 is 2.01. The molecule has 1 fully saturated rings. The maximum atomic E-state index is 11.9. The zero-order valence-corrected chi connectivity index (χ0v) is 16.3. The summed E-state index contributed by atoms with van der Waals surface area (Å²) in [6, 6.07) is 8.23. The number of rotatable bonds is 5. The van der Waals surface area contributed by atoms with E-state index < -0.39 is 0 Å². The van der Waals surface area contributed by atoms with Gasteiger partial charge in [0.1, 0.15) is 12.3 Å². The number of aliphatic imine (C=N–C) groups is 1. The highest BCUT2D eigenvalue weighted by Crippen LogP contribution is 2.31. The molecule has 6 nitrogen and oxygen atoms in total. The van der Waals surface area contributed by atoms with Crippen LogP contribution in [0.3, 0.4) is 0 Å². The summed E-state index contributed by atoms with van der Waals surface area (Å²) in [5.41, 5.74) is 1.14. The molecule has 2 aliphatic rings. The molecule has 142 valence electrons. The average molecular weight is 377 g/mol. The van der Waals surface area contributed by atoms with Gasteiger partial charge in [0.05, 0.1) is 12.6 Å². The van der Waals surface area contributed by atoms with Crippen LogP contribution in [0.2, 0.25) is 0 Å². The van der Waals surface area contributed by atoms with E-state index in [0.717, 1.165) is 24.3 Å². The fraction of sp³-hybridized carbons (Fsp3) is 0.579. The molecule has 0 aromatic heterocycles. The lowest BCUT2D eigenvalue weighted by Gasteiger charge is -2.28. The molecule has 1 aromatic rings. The SMILES string of the molecule is CN(C)C(=O)CN=C(NCC1CCCS1)NC1CCOc2ccccc21. The molecule has 3 rings (SSSR count). The van der Waals surface area contributed by atoms with E-state index >= 15 is 0 Å². The van der Waals surface area contributed by atoms with Crippen LogP contribution < -0.4 is 15.4 Å². The highest BCUT2D eigenvalue weighted by molar-refractivity contribution is 8.00. The van der Waals surface area contributed by atoms with E-state index in [-0.39, 0.29) is 18.5 Å². The molecule has 1 saturated heterocycles. The van der Waals surface area contributed by atoms with Crippen molar-refractivity contribution in [3.8, 4) is 5.75 Å². The second-order valence-electron chi connectivity index (χ2n) is 6.84. The first kappa shape index (κ1) is 18.9. The Balaban J connectivity index is 1.68. The van der Waals surface area contributed by atoms with Gasteiger partial charge in [-0.15, -0.1) is 0 Å². The lowest BCUT2D eigenvalue weighted by atomic mass is 10.0. The van der Waals surface area contributed by atoms with Crippen LogP contribution in [0.15, 0.2) is 29.3 Å². The summed E-state index contributed by atoms with van der Waals surface area (Å²) in [5, 5.41) is 7.57. The first-order valence-corrected chi connectivity index (χ1v) is 10.3. The Bertz CT molecular complexity index is 644. The van der Waals surface area contributed by atoms with Gasteiger partial charge in [0, 0.05) is 37.9 Å². The molecule has 0 radical (unpaired) electrons. The number of para-hydroxylation sites is 1. The summed E-state index contributed by atoms with van der Waals surface area (Å²) in [6.07, 6.45) is 3.39. The van der Waals surface area contributed by atoms with Gasteiger partial charge >= 0.3 is 0 Å². The lowest BCUT2D eigenvalue weighted by Crippen LogP contribution is -2.43. The van der Waals surface area contributed by atoms with Gasteiger partial charge in [-0.05, 0) is 24.7 Å². The van der Waals surface area contributed by atoms with Crippen molar-refractivity contribution in [3.05, 3.63) is 29.8 Å². The van der Waals surface area contributed by atoms with E-state index in [1.807, 2.05) is 30.0 Å². The van der Waals surface area contributed by atoms with Crippen LogP contribution in [0, 0.1) is 0 Å². The van der Waals surface area contributed by atoms with Gasteiger partial charge in [-0.25, -0.2) is 4.99 Å². The Kier molecular flexibility index (Phi) is 6.66. The second-order valence-corrected chi connectivity index (χ2v) is 8.25. The number of amides is 1. The van der Waals surface area contributed by atoms with E-state index in [4.69, 9.17) is 4.74 Å². The third-order valence-corrected chi connectivity index (χ3v) is 6.06. The zero-order valence-electron chi connectivity index (χ0n) is 15.5. The first-order chi connectivity index (χ1) is 12.6. The quantitative estimate of drug-likeness (QED) is 0.608. The number of benzene rings is 1. The summed E-state index contributed by atoms with van der Waals surface area (Å²) in [6.45, 7) is 1.69. The largest absolute Gasteiger partial charge is 0.493 e. The fourth-order valence-electron chi connectivity index (χ4n) is 3.11. The predicted octanol–water partition coefficient (Wildman–Crippen LogP) is 2.03. The summed E-state index contributed by atoms with van der Waals surface area (Å²) in [5.74, 6) is 2.85. The van der Waals surface area contributed by atoms with Gasteiger partial charge in [0.25, 0.3) is 0 Å². The van der Waals surface area contributed by atoms with Crippen molar-refractivity contribution in [2.75, 3.05) is 39.5 Å². The Morgan fingerprint density at radius 3 is 2.96 bits per heavy atom. The molecule has 2 aliphatic heterocycles. The van der Waals surface area contributed by atoms with Crippen molar-refractivity contribution in [2.45, 2.75) is 30.6 Å². The Morgan fingerprint density at radius 1 is 1.35 bits per heavy atom. The second kappa shape index (κ2) is 9.16. The minimum atomic E-state index is -0.00582. The van der Waals surface area contributed by atoms with Crippen molar-refractivity contribution in [3.63, 3.8) is 0 Å². The maximum absolute atomic E-state index is 11.9. The van der Waals surface area contributed by atoms with Gasteiger partial charge in [0.15, 0.2) is 5.96 Å². The van der Waals surface area contributed by atoms with Crippen molar-refractivity contribution in [2.24, 2.45) is 4.99 Å². The molecule has 7 heteroatoms. The number of fused-ring (bicyclic) bond motifs is 1. The molecule has 0 bridgehead atoms. The molecule has 2 unspecified atom stereocenters. The molecule has 0 spiro atoms. The molecule has 1 aromatic carbocycles. The van der Waals surface area contributed by atoms with Crippen LogP contribution in [0.4, 0.5) is 0 Å². The third-order valence-electron chi connectivity index (χ3n) is 4.66. The van der Waals surface area contributed by atoms with Crippen LogP contribution in [0.1, 0.15) is 30.9 Å². The van der Waals surface area contributed by atoms with Crippen LogP contribution in [-0.2, 0) is 4.79 Å². The summed E-state index contributed by atoms with van der Waals surface area (Å²) in [7, 11) is 3.50. The monoisotopic (exact) mass is 376 g/mol. The van der Waals surface area contributed by atoms with E-state index in [2.05, 4.69) is 21.7 Å². The summed E-state index contributed by atoms with van der Waals surface area (Å²) < 4.78 is 5.74. The molecule has 1 amide bonds. The molecule has 0 saturated carbocycles. The number of hydrogen-bond acceptors (Lipinski definition) is 4. The topological polar surface area (TPSA) is 66.0 Å². The van der Waals surface area contributed by atoms with Crippen molar-refractivity contribution < 1.29 is 9.53 Å². The number of thioether (sulfide) groups is 1. The molecular formula is C19H28N4O2S. The van der Waals surface area contributed by atoms with Crippen LogP contribution in [-0.4, -0.2) is 61.6 Å². The molecule has 26 heavy (non-hydrogen) atoms. The van der Waals surface area contributed by atoms with E-state index in [1.165, 1.54) is 18.6 Å². The van der Waals surface area contributed by atoms with Gasteiger partial charge in [0.2, 0.25) is 5.91 Å². The fourth-order valence-corrected chi connectivity index (χ4v) is 4.31. The van der Waals surface area contributed by atoms with Crippen molar-refractivity contribution in [1.82, 2.24) is 15.5 Å². The number of nitrogens with zero attached hydrogens (tertiary/aromatic N) is 2.